The van der Waals surface area contributed by atoms with Gasteiger partial charge in [0.05, 0.1) is 0 Å². The molecular weight excluding hydrogens is 216 g/mol. The van der Waals surface area contributed by atoms with Crippen LogP contribution in [0, 0.1) is 0 Å². The lowest BCUT2D eigenvalue weighted by Gasteiger charge is -2.16. The average molecular weight is 232 g/mol. The maximum atomic E-state index is 6.04. The first-order chi connectivity index (χ1) is 8.43. The zero-order chi connectivity index (χ0) is 11.5. The second-order valence-corrected chi connectivity index (χ2v) is 4.37. The fraction of sp³-hybridized carbons (Fsp3) is 0.500. The van der Waals surface area contributed by atoms with Gasteiger partial charge < -0.3 is 10.1 Å². The summed E-state index contributed by atoms with van der Waals surface area (Å²) in [5.74, 6) is 0.836. The molecule has 0 aliphatic carbocycles. The zero-order valence-electron chi connectivity index (χ0n) is 9.65. The Kier molecular flexibility index (Phi) is 2.92. The van der Waals surface area contributed by atoms with Gasteiger partial charge in [0.2, 0.25) is 0 Å². The summed E-state index contributed by atoms with van der Waals surface area (Å²) in [4.78, 5) is 0. The highest BCUT2D eigenvalue weighted by molar-refractivity contribution is 5.80. The third kappa shape index (κ3) is 2.24. The van der Waals surface area contributed by atoms with E-state index in [1.165, 1.54) is 6.42 Å². The molecule has 0 bridgehead atoms. The second-order valence-electron chi connectivity index (χ2n) is 4.37. The summed E-state index contributed by atoms with van der Waals surface area (Å²) >= 11 is 0. The molecule has 1 atom stereocenters. The number of aromatic nitrogens is 3. The van der Waals surface area contributed by atoms with E-state index in [0.29, 0.717) is 0 Å². The number of nitrogens with one attached hydrogen (secondary N) is 2. The number of para-hydroxylation sites is 1. The van der Waals surface area contributed by atoms with Gasteiger partial charge in [-0.05, 0) is 44.5 Å². The number of benzene rings is 1. The highest BCUT2D eigenvalue weighted by Crippen LogP contribution is 2.24. The van der Waals surface area contributed by atoms with Gasteiger partial charge in [0.1, 0.15) is 17.4 Å². The Morgan fingerprint density at radius 3 is 3.18 bits per heavy atom. The van der Waals surface area contributed by atoms with Crippen molar-refractivity contribution >= 4 is 11.0 Å². The van der Waals surface area contributed by atoms with E-state index in [4.69, 9.17) is 4.74 Å². The molecule has 0 amide bonds. The predicted molar refractivity (Wildman–Crippen MR) is 65.0 cm³/mol. The molecule has 1 aliphatic heterocycles. The minimum absolute atomic E-state index is 0.285. The van der Waals surface area contributed by atoms with E-state index in [1.807, 2.05) is 18.2 Å². The second kappa shape index (κ2) is 4.71. The van der Waals surface area contributed by atoms with Gasteiger partial charge in [-0.1, -0.05) is 6.07 Å². The van der Waals surface area contributed by atoms with Crippen molar-refractivity contribution in [3.05, 3.63) is 18.2 Å². The number of nitrogens with zero attached hydrogens (tertiary/aromatic N) is 2. The third-order valence-corrected chi connectivity index (χ3v) is 3.13. The summed E-state index contributed by atoms with van der Waals surface area (Å²) < 4.78 is 6.04. The van der Waals surface area contributed by atoms with E-state index < -0.39 is 0 Å². The normalized spacial score (nSPS) is 21.3. The Balaban J connectivity index is 1.81. The van der Waals surface area contributed by atoms with Gasteiger partial charge in [0, 0.05) is 0 Å². The molecule has 90 valence electrons. The first-order valence-electron chi connectivity index (χ1n) is 6.10. The summed E-state index contributed by atoms with van der Waals surface area (Å²) in [6, 6.07) is 5.85. The van der Waals surface area contributed by atoms with Crippen LogP contribution in [0.15, 0.2) is 18.2 Å². The van der Waals surface area contributed by atoms with Crippen LogP contribution in [-0.2, 0) is 0 Å². The van der Waals surface area contributed by atoms with E-state index >= 15 is 0 Å². The maximum absolute atomic E-state index is 6.04. The van der Waals surface area contributed by atoms with Crippen molar-refractivity contribution in [3.63, 3.8) is 0 Å². The molecule has 3 rings (SSSR count). The van der Waals surface area contributed by atoms with E-state index in [1.54, 1.807) is 0 Å². The molecule has 5 heteroatoms. The maximum Gasteiger partial charge on any atom is 0.154 e. The summed E-state index contributed by atoms with van der Waals surface area (Å²) in [6.45, 7) is 2.12. The molecule has 0 spiro atoms. The van der Waals surface area contributed by atoms with Crippen LogP contribution in [0.2, 0.25) is 0 Å². The number of rotatable bonds is 2. The molecule has 0 saturated carbocycles. The summed E-state index contributed by atoms with van der Waals surface area (Å²) in [6.07, 6.45) is 3.60. The van der Waals surface area contributed by atoms with Crippen LogP contribution in [0.5, 0.6) is 5.75 Å². The standard InChI is InChI=1S/C12H16N4O/c1-4-10-12(15-16-14-10)11(5-1)17-9-3-2-7-13-8-6-9/h1,4-5,9,13H,2-3,6-8H2,(H,14,15,16). The molecule has 2 N–H and O–H groups in total. The predicted octanol–water partition coefficient (Wildman–Crippen LogP) is 1.48. The molecule has 2 aromatic rings. The lowest BCUT2D eigenvalue weighted by atomic mass is 10.1. The molecular formula is C12H16N4O. The van der Waals surface area contributed by atoms with Crippen molar-refractivity contribution in [3.8, 4) is 5.75 Å². The van der Waals surface area contributed by atoms with Crippen molar-refractivity contribution in [2.45, 2.75) is 25.4 Å². The Labute approximate surface area is 99.5 Å². The van der Waals surface area contributed by atoms with Gasteiger partial charge in [0.15, 0.2) is 5.52 Å². The van der Waals surface area contributed by atoms with Crippen LogP contribution in [-0.4, -0.2) is 34.6 Å². The Morgan fingerprint density at radius 1 is 1.18 bits per heavy atom. The molecule has 1 fully saturated rings. The first-order valence-corrected chi connectivity index (χ1v) is 6.10. The molecule has 1 unspecified atom stereocenters. The number of fused-ring (bicyclic) bond motifs is 1. The van der Waals surface area contributed by atoms with E-state index in [0.717, 1.165) is 42.7 Å². The monoisotopic (exact) mass is 232 g/mol. The third-order valence-electron chi connectivity index (χ3n) is 3.13. The molecule has 2 heterocycles. The van der Waals surface area contributed by atoms with Gasteiger partial charge in [-0.15, -0.1) is 0 Å². The summed E-state index contributed by atoms with van der Waals surface area (Å²) in [7, 11) is 0. The lowest BCUT2D eigenvalue weighted by molar-refractivity contribution is 0.189. The van der Waals surface area contributed by atoms with E-state index in [9.17, 15) is 0 Å². The SMILES string of the molecule is c1cc(OC2CCCNCC2)c2n[nH]nc2c1. The molecule has 1 saturated heterocycles. The van der Waals surface area contributed by atoms with Crippen molar-refractivity contribution in [2.75, 3.05) is 13.1 Å². The van der Waals surface area contributed by atoms with Gasteiger partial charge in [-0.3, -0.25) is 0 Å². The first kappa shape index (κ1) is 10.5. The number of hydrogen-bond donors (Lipinski definition) is 2. The van der Waals surface area contributed by atoms with Gasteiger partial charge in [-0.25, -0.2) is 0 Å². The van der Waals surface area contributed by atoms with Crippen LogP contribution >= 0.6 is 0 Å². The topological polar surface area (TPSA) is 62.8 Å². The summed E-state index contributed by atoms with van der Waals surface area (Å²) in [5.41, 5.74) is 1.68. The summed E-state index contributed by atoms with van der Waals surface area (Å²) in [5, 5.41) is 14.2. The molecule has 5 nitrogen and oxygen atoms in total. The fourth-order valence-electron chi connectivity index (χ4n) is 2.22. The van der Waals surface area contributed by atoms with E-state index in [-0.39, 0.29) is 6.10 Å². The van der Waals surface area contributed by atoms with Crippen LogP contribution in [0.4, 0.5) is 0 Å². The van der Waals surface area contributed by atoms with Crippen molar-refractivity contribution in [1.82, 2.24) is 20.7 Å². The highest BCUT2D eigenvalue weighted by atomic mass is 16.5. The number of aromatic amines is 1. The quantitative estimate of drug-likeness (QED) is 0.823. The van der Waals surface area contributed by atoms with Gasteiger partial charge >= 0.3 is 0 Å². The minimum Gasteiger partial charge on any atom is -0.488 e. The van der Waals surface area contributed by atoms with Crippen molar-refractivity contribution in [1.29, 1.82) is 0 Å². The van der Waals surface area contributed by atoms with Crippen molar-refractivity contribution < 1.29 is 4.74 Å². The van der Waals surface area contributed by atoms with Crippen LogP contribution in [0.25, 0.3) is 11.0 Å². The molecule has 0 radical (unpaired) electrons. The largest absolute Gasteiger partial charge is 0.488 e. The van der Waals surface area contributed by atoms with Crippen LogP contribution in [0.3, 0.4) is 0 Å². The smallest absolute Gasteiger partial charge is 0.154 e. The lowest BCUT2D eigenvalue weighted by Crippen LogP contribution is -2.19. The Bertz CT molecular complexity index is 488. The van der Waals surface area contributed by atoms with Gasteiger partial charge in [-0.2, -0.15) is 15.4 Å². The highest BCUT2D eigenvalue weighted by Gasteiger charge is 2.15. The van der Waals surface area contributed by atoms with Crippen LogP contribution < -0.4 is 10.1 Å². The average Bonchev–Trinajstić information content (AvgIpc) is 2.69. The molecule has 17 heavy (non-hydrogen) atoms. The van der Waals surface area contributed by atoms with Crippen molar-refractivity contribution in [2.24, 2.45) is 0 Å². The number of H-pyrrole nitrogens is 1. The molecule has 1 aromatic heterocycles. The number of hydrogen-bond acceptors (Lipinski definition) is 4. The Morgan fingerprint density at radius 2 is 2.18 bits per heavy atom. The zero-order valence-corrected chi connectivity index (χ0v) is 9.65. The minimum atomic E-state index is 0.285. The van der Waals surface area contributed by atoms with Crippen LogP contribution in [0.1, 0.15) is 19.3 Å². The Hall–Kier alpha value is -1.62. The van der Waals surface area contributed by atoms with Gasteiger partial charge in [0.25, 0.3) is 0 Å². The van der Waals surface area contributed by atoms with E-state index in [2.05, 4.69) is 20.7 Å². The molecule has 1 aliphatic rings. The molecule has 1 aromatic carbocycles. The fourth-order valence-corrected chi connectivity index (χ4v) is 2.22. The number of ether oxygens (including phenoxy) is 1.